The average molecular weight is 320 g/mol. The van der Waals surface area contributed by atoms with Gasteiger partial charge in [-0.25, -0.2) is 4.68 Å². The molecule has 4 nitrogen and oxygen atoms in total. The second kappa shape index (κ2) is 6.34. The van der Waals surface area contributed by atoms with Crippen molar-refractivity contribution in [2.75, 3.05) is 13.3 Å². The molecule has 1 heterocycles. The van der Waals surface area contributed by atoms with E-state index in [9.17, 15) is 0 Å². The van der Waals surface area contributed by atoms with E-state index in [2.05, 4.69) is 52.1 Å². The first-order valence-corrected chi connectivity index (χ1v) is 8.76. The summed E-state index contributed by atoms with van der Waals surface area (Å²) in [5.41, 5.74) is 1.31. The molecule has 2 aromatic rings. The van der Waals surface area contributed by atoms with E-state index in [4.69, 9.17) is 12.2 Å². The summed E-state index contributed by atoms with van der Waals surface area (Å²) in [7, 11) is 2.10. The summed E-state index contributed by atoms with van der Waals surface area (Å²) in [4.78, 5) is 3.53. The van der Waals surface area contributed by atoms with Crippen LogP contribution in [-0.4, -0.2) is 32.6 Å². The Hall–Kier alpha value is -1.11. The molecule has 3 rings (SSSR count). The van der Waals surface area contributed by atoms with Gasteiger partial charge in [-0.05, 0) is 56.1 Å². The Morgan fingerprint density at radius 2 is 2.05 bits per heavy atom. The van der Waals surface area contributed by atoms with Gasteiger partial charge in [-0.15, -0.1) is 11.8 Å². The molecule has 0 aliphatic heterocycles. The summed E-state index contributed by atoms with van der Waals surface area (Å²) in [5, 5.41) is 4.42. The van der Waals surface area contributed by atoms with Gasteiger partial charge in [0, 0.05) is 17.5 Å². The maximum Gasteiger partial charge on any atom is 0.199 e. The Balaban J connectivity index is 1.62. The molecule has 1 aromatic carbocycles. The lowest BCUT2D eigenvalue weighted by atomic mass is 10.2. The molecule has 0 unspecified atom stereocenters. The summed E-state index contributed by atoms with van der Waals surface area (Å²) in [6, 6.07) is 9.30. The monoisotopic (exact) mass is 320 g/mol. The molecular weight excluding hydrogens is 300 g/mol. The molecule has 0 saturated heterocycles. The smallest absolute Gasteiger partial charge is 0.199 e. The molecule has 1 aromatic heterocycles. The molecule has 1 aliphatic rings. The Kier molecular flexibility index (Phi) is 4.47. The SMILES string of the molecule is CSc1ccc(CN(C)Cn2ncn(C3CC3)c2=S)cc1. The quantitative estimate of drug-likeness (QED) is 0.600. The Bertz CT molecular complexity index is 655. The number of aromatic nitrogens is 3. The van der Waals surface area contributed by atoms with Crippen molar-refractivity contribution < 1.29 is 0 Å². The largest absolute Gasteiger partial charge is 0.303 e. The van der Waals surface area contributed by atoms with Gasteiger partial charge in [0.05, 0.1) is 6.67 Å². The third-order valence-corrected chi connectivity index (χ3v) is 4.85. The van der Waals surface area contributed by atoms with Crippen molar-refractivity contribution in [3.8, 4) is 0 Å². The van der Waals surface area contributed by atoms with E-state index in [1.54, 1.807) is 11.8 Å². The molecule has 0 amide bonds. The van der Waals surface area contributed by atoms with Crippen LogP contribution >= 0.6 is 24.0 Å². The van der Waals surface area contributed by atoms with Crippen LogP contribution in [0.5, 0.6) is 0 Å². The number of hydrogen-bond donors (Lipinski definition) is 0. The van der Waals surface area contributed by atoms with Gasteiger partial charge in [0.25, 0.3) is 0 Å². The topological polar surface area (TPSA) is 26.0 Å². The van der Waals surface area contributed by atoms with E-state index >= 15 is 0 Å². The first kappa shape index (κ1) is 14.8. The summed E-state index contributed by atoms with van der Waals surface area (Å²) >= 11 is 7.26. The lowest BCUT2D eigenvalue weighted by Crippen LogP contribution is -2.22. The van der Waals surface area contributed by atoms with E-state index in [-0.39, 0.29) is 0 Å². The highest BCUT2D eigenvalue weighted by Gasteiger charge is 2.25. The van der Waals surface area contributed by atoms with Crippen molar-refractivity contribution in [2.45, 2.75) is 37.0 Å². The van der Waals surface area contributed by atoms with Crippen LogP contribution in [0.1, 0.15) is 24.4 Å². The molecular formula is C15H20N4S2. The van der Waals surface area contributed by atoms with E-state index in [1.165, 1.54) is 23.3 Å². The predicted octanol–water partition coefficient (Wildman–Crippen LogP) is 3.56. The van der Waals surface area contributed by atoms with Crippen molar-refractivity contribution in [2.24, 2.45) is 0 Å². The van der Waals surface area contributed by atoms with Gasteiger partial charge in [-0.3, -0.25) is 4.90 Å². The van der Waals surface area contributed by atoms with Crippen molar-refractivity contribution in [1.82, 2.24) is 19.2 Å². The van der Waals surface area contributed by atoms with Crippen LogP contribution in [0, 0.1) is 4.77 Å². The zero-order chi connectivity index (χ0) is 14.8. The molecule has 0 bridgehead atoms. The highest BCUT2D eigenvalue weighted by Crippen LogP contribution is 2.34. The normalized spacial score (nSPS) is 14.8. The van der Waals surface area contributed by atoms with Gasteiger partial charge in [0.1, 0.15) is 6.33 Å². The molecule has 0 radical (unpaired) electrons. The van der Waals surface area contributed by atoms with Crippen LogP contribution in [0.2, 0.25) is 0 Å². The van der Waals surface area contributed by atoms with Crippen LogP contribution in [0.25, 0.3) is 0 Å². The molecule has 1 saturated carbocycles. The van der Waals surface area contributed by atoms with Gasteiger partial charge in [-0.1, -0.05) is 12.1 Å². The Labute approximate surface area is 134 Å². The molecule has 112 valence electrons. The molecule has 21 heavy (non-hydrogen) atoms. The van der Waals surface area contributed by atoms with Crippen molar-refractivity contribution >= 4 is 24.0 Å². The summed E-state index contributed by atoms with van der Waals surface area (Å²) in [6.45, 7) is 1.62. The third kappa shape index (κ3) is 3.56. The molecule has 1 fully saturated rings. The first-order chi connectivity index (χ1) is 10.2. The number of rotatable bonds is 6. The summed E-state index contributed by atoms with van der Waals surface area (Å²) in [5.74, 6) is 0. The fourth-order valence-electron chi connectivity index (χ4n) is 2.37. The Morgan fingerprint density at radius 1 is 1.33 bits per heavy atom. The van der Waals surface area contributed by atoms with Crippen LogP contribution in [0.4, 0.5) is 0 Å². The standard InChI is InChI=1S/C15H20N4S2/c1-17(9-12-3-7-14(21-2)8-4-12)11-19-15(20)18(10-16-19)13-5-6-13/h3-4,7-8,10,13H,5-6,9,11H2,1-2H3. The fraction of sp³-hybridized carbons (Fsp3) is 0.467. The van der Waals surface area contributed by atoms with E-state index in [1.807, 2.05) is 11.0 Å². The van der Waals surface area contributed by atoms with Crippen LogP contribution < -0.4 is 0 Å². The molecule has 0 atom stereocenters. The fourth-order valence-corrected chi connectivity index (χ4v) is 3.08. The van der Waals surface area contributed by atoms with Crippen LogP contribution in [0.15, 0.2) is 35.5 Å². The highest BCUT2D eigenvalue weighted by molar-refractivity contribution is 7.98. The first-order valence-electron chi connectivity index (χ1n) is 7.13. The van der Waals surface area contributed by atoms with Gasteiger partial charge in [-0.2, -0.15) is 5.10 Å². The second-order valence-electron chi connectivity index (χ2n) is 5.56. The van der Waals surface area contributed by atoms with Gasteiger partial charge >= 0.3 is 0 Å². The van der Waals surface area contributed by atoms with Crippen molar-refractivity contribution in [1.29, 1.82) is 0 Å². The third-order valence-electron chi connectivity index (χ3n) is 3.68. The highest BCUT2D eigenvalue weighted by atomic mass is 32.2. The number of benzene rings is 1. The Morgan fingerprint density at radius 3 is 2.67 bits per heavy atom. The molecule has 0 spiro atoms. The molecule has 0 N–H and O–H groups in total. The van der Waals surface area contributed by atoms with Crippen LogP contribution in [-0.2, 0) is 13.2 Å². The zero-order valence-electron chi connectivity index (χ0n) is 12.4. The molecule has 1 aliphatic carbocycles. The minimum absolute atomic E-state index is 0.593. The number of nitrogens with zero attached hydrogens (tertiary/aromatic N) is 4. The minimum Gasteiger partial charge on any atom is -0.303 e. The van der Waals surface area contributed by atoms with Gasteiger partial charge in [0.2, 0.25) is 0 Å². The van der Waals surface area contributed by atoms with Crippen molar-refractivity contribution in [3.63, 3.8) is 0 Å². The van der Waals surface area contributed by atoms with Gasteiger partial charge < -0.3 is 4.57 Å². The molecule has 6 heteroatoms. The van der Waals surface area contributed by atoms with Crippen LogP contribution in [0.3, 0.4) is 0 Å². The maximum atomic E-state index is 5.49. The minimum atomic E-state index is 0.593. The predicted molar refractivity (Wildman–Crippen MR) is 89.0 cm³/mol. The second-order valence-corrected chi connectivity index (χ2v) is 6.80. The maximum absolute atomic E-state index is 5.49. The van der Waals surface area contributed by atoms with E-state index in [0.29, 0.717) is 6.04 Å². The summed E-state index contributed by atoms with van der Waals surface area (Å²) in [6.07, 6.45) is 6.44. The van der Waals surface area contributed by atoms with E-state index in [0.717, 1.165) is 18.0 Å². The van der Waals surface area contributed by atoms with Gasteiger partial charge in [0.15, 0.2) is 4.77 Å². The number of thioether (sulfide) groups is 1. The average Bonchev–Trinajstić information content (AvgIpc) is 3.26. The zero-order valence-corrected chi connectivity index (χ0v) is 14.0. The summed E-state index contributed by atoms with van der Waals surface area (Å²) < 4.78 is 4.86. The lowest BCUT2D eigenvalue weighted by Gasteiger charge is -2.16. The van der Waals surface area contributed by atoms with E-state index < -0.39 is 0 Å². The lowest BCUT2D eigenvalue weighted by molar-refractivity contribution is 0.243. The van der Waals surface area contributed by atoms with Crippen molar-refractivity contribution in [3.05, 3.63) is 40.9 Å². The number of hydrogen-bond acceptors (Lipinski definition) is 4.